The predicted octanol–water partition coefficient (Wildman–Crippen LogP) is -0.699. The predicted molar refractivity (Wildman–Crippen MR) is 47.3 cm³/mol. The van der Waals surface area contributed by atoms with Gasteiger partial charge in [0.05, 0.1) is 6.10 Å². The molecule has 0 aromatic carbocycles. The molecule has 1 rings (SSSR count). The first-order valence-corrected chi connectivity index (χ1v) is 6.26. The Hall–Kier alpha value is -0.0000000000000000416. The maximum Gasteiger partial charge on any atom is 0.183 e. The van der Waals surface area contributed by atoms with Gasteiger partial charge in [-0.05, 0) is 6.66 Å². The highest BCUT2D eigenvalue weighted by Crippen LogP contribution is 2.32. The smallest absolute Gasteiger partial charge is 0.183 e. The summed E-state index contributed by atoms with van der Waals surface area (Å²) in [6.45, 7) is 1.27. The Bertz CT molecular complexity index is 226. The molecule has 14 heavy (non-hydrogen) atoms. The lowest BCUT2D eigenvalue weighted by molar-refractivity contribution is -0.128. The fourth-order valence-electron chi connectivity index (χ4n) is 1.29. The molecule has 3 N–H and O–H groups in total. The highest BCUT2D eigenvalue weighted by Gasteiger charge is 2.42. The van der Waals surface area contributed by atoms with Crippen molar-refractivity contribution < 1.29 is 29.0 Å². The SMILES string of the molecule is C[PH](=O)C(F)C[C@H]1O[C@@H](O)[C@H](O)[C@@H]1O. The summed E-state index contributed by atoms with van der Waals surface area (Å²) in [5.74, 6) is -1.56. The van der Waals surface area contributed by atoms with E-state index in [0.29, 0.717) is 0 Å². The van der Waals surface area contributed by atoms with Gasteiger partial charge in [0.1, 0.15) is 20.0 Å². The first-order valence-electron chi connectivity index (χ1n) is 4.27. The molecule has 0 bridgehead atoms. The molecule has 1 saturated heterocycles. The quantitative estimate of drug-likeness (QED) is 0.556. The van der Waals surface area contributed by atoms with Crippen LogP contribution >= 0.6 is 7.80 Å². The number of hydrogen-bond acceptors (Lipinski definition) is 5. The molecule has 1 aliphatic heterocycles. The van der Waals surface area contributed by atoms with Crippen molar-refractivity contribution in [2.75, 3.05) is 6.66 Å². The summed E-state index contributed by atoms with van der Waals surface area (Å²) < 4.78 is 28.4. The van der Waals surface area contributed by atoms with Gasteiger partial charge in [0.2, 0.25) is 0 Å². The fraction of sp³-hybridized carbons (Fsp3) is 1.00. The molecule has 0 radical (unpaired) electrons. The molecule has 2 unspecified atom stereocenters. The molecule has 7 heteroatoms. The van der Waals surface area contributed by atoms with Crippen molar-refractivity contribution >= 4 is 7.80 Å². The summed E-state index contributed by atoms with van der Waals surface area (Å²) in [6.07, 6.45) is -5.52. The van der Waals surface area contributed by atoms with Crippen LogP contribution in [0.4, 0.5) is 4.39 Å². The van der Waals surface area contributed by atoms with Crippen LogP contribution in [-0.2, 0) is 9.30 Å². The van der Waals surface area contributed by atoms with Crippen molar-refractivity contribution in [2.45, 2.75) is 36.9 Å². The molecule has 6 atom stereocenters. The summed E-state index contributed by atoms with van der Waals surface area (Å²) in [6, 6.07) is 0. The summed E-state index contributed by atoms with van der Waals surface area (Å²) in [4.78, 5) is 0. The number of halogens is 1. The first-order chi connectivity index (χ1) is 6.43. The zero-order valence-electron chi connectivity index (χ0n) is 7.63. The largest absolute Gasteiger partial charge is 0.387 e. The van der Waals surface area contributed by atoms with Crippen LogP contribution in [0, 0.1) is 0 Å². The molecular formula is C7H14FO5P. The molecule has 0 aromatic heterocycles. The molecule has 1 heterocycles. The Balaban J connectivity index is 2.51. The second-order valence-electron chi connectivity index (χ2n) is 3.36. The van der Waals surface area contributed by atoms with E-state index in [0.717, 1.165) is 0 Å². The molecule has 0 amide bonds. The van der Waals surface area contributed by atoms with E-state index in [-0.39, 0.29) is 6.42 Å². The van der Waals surface area contributed by atoms with E-state index in [1.807, 2.05) is 0 Å². The average molecular weight is 228 g/mol. The molecule has 1 fully saturated rings. The first kappa shape index (κ1) is 12.1. The monoisotopic (exact) mass is 228 g/mol. The van der Waals surface area contributed by atoms with Crippen LogP contribution < -0.4 is 0 Å². The van der Waals surface area contributed by atoms with Crippen LogP contribution in [0.1, 0.15) is 6.42 Å². The van der Waals surface area contributed by atoms with E-state index in [2.05, 4.69) is 0 Å². The molecule has 0 spiro atoms. The van der Waals surface area contributed by atoms with E-state index >= 15 is 0 Å². The van der Waals surface area contributed by atoms with E-state index in [1.54, 1.807) is 0 Å². The normalized spacial score (nSPS) is 42.4. The molecule has 0 aliphatic carbocycles. The third-order valence-corrected chi connectivity index (χ3v) is 3.34. The number of rotatable bonds is 3. The molecule has 84 valence electrons. The van der Waals surface area contributed by atoms with Gasteiger partial charge in [0.15, 0.2) is 12.2 Å². The maximum absolute atomic E-state index is 13.0. The highest BCUT2D eigenvalue weighted by atomic mass is 31.1. The minimum absolute atomic E-state index is 0.274. The number of ether oxygens (including phenoxy) is 1. The Morgan fingerprint density at radius 3 is 2.36 bits per heavy atom. The minimum Gasteiger partial charge on any atom is -0.387 e. The van der Waals surface area contributed by atoms with Crippen molar-refractivity contribution in [3.8, 4) is 0 Å². The Morgan fingerprint density at radius 2 is 2.00 bits per heavy atom. The van der Waals surface area contributed by atoms with Gasteiger partial charge in [0.25, 0.3) is 0 Å². The van der Waals surface area contributed by atoms with Crippen LogP contribution in [0.25, 0.3) is 0 Å². The van der Waals surface area contributed by atoms with E-state index < -0.39 is 38.3 Å². The third kappa shape index (κ3) is 2.52. The van der Waals surface area contributed by atoms with Gasteiger partial charge in [0, 0.05) is 6.42 Å². The fourth-order valence-corrected chi connectivity index (χ4v) is 1.86. The Labute approximate surface area is 81.3 Å². The van der Waals surface area contributed by atoms with E-state index in [1.165, 1.54) is 6.66 Å². The highest BCUT2D eigenvalue weighted by molar-refractivity contribution is 7.44. The molecule has 5 nitrogen and oxygen atoms in total. The standard InChI is InChI=1S/C7H14FO5P/c1-14(12)4(8)2-3-5(9)6(10)7(11)13-3/h3-7,9-11,14H,2H2,1H3/t3-,4?,5-,6-,7-/m1/s1. The number of aliphatic hydroxyl groups excluding tert-OH is 3. The zero-order valence-corrected chi connectivity index (χ0v) is 8.63. The lowest BCUT2D eigenvalue weighted by Gasteiger charge is -2.15. The van der Waals surface area contributed by atoms with Gasteiger partial charge in [-0.3, -0.25) is 0 Å². The van der Waals surface area contributed by atoms with Crippen molar-refractivity contribution in [3.05, 3.63) is 0 Å². The second-order valence-corrected chi connectivity index (χ2v) is 5.21. The summed E-state index contributed by atoms with van der Waals surface area (Å²) in [5, 5.41) is 27.3. The van der Waals surface area contributed by atoms with Gasteiger partial charge in [-0.2, -0.15) is 0 Å². The van der Waals surface area contributed by atoms with Crippen molar-refractivity contribution in [1.29, 1.82) is 0 Å². The lowest BCUT2D eigenvalue weighted by atomic mass is 10.1. The molecule has 0 saturated carbocycles. The minimum atomic E-state index is -2.33. The number of alkyl halides is 1. The van der Waals surface area contributed by atoms with E-state index in [4.69, 9.17) is 14.9 Å². The topological polar surface area (TPSA) is 87.0 Å². The van der Waals surface area contributed by atoms with Gasteiger partial charge < -0.3 is 24.6 Å². The van der Waals surface area contributed by atoms with Crippen molar-refractivity contribution in [3.63, 3.8) is 0 Å². The third-order valence-electron chi connectivity index (χ3n) is 2.22. The van der Waals surface area contributed by atoms with Gasteiger partial charge in [-0.1, -0.05) is 0 Å². The van der Waals surface area contributed by atoms with Crippen molar-refractivity contribution in [2.24, 2.45) is 0 Å². The van der Waals surface area contributed by atoms with Gasteiger partial charge in [-0.25, -0.2) is 4.39 Å². The Kier molecular flexibility index (Phi) is 4.04. The molecule has 1 aliphatic rings. The van der Waals surface area contributed by atoms with Gasteiger partial charge >= 0.3 is 0 Å². The lowest BCUT2D eigenvalue weighted by Crippen LogP contribution is -2.33. The van der Waals surface area contributed by atoms with Gasteiger partial charge in [-0.15, -0.1) is 0 Å². The summed E-state index contributed by atoms with van der Waals surface area (Å²) in [5.41, 5.74) is 0. The average Bonchev–Trinajstić information content (AvgIpc) is 2.33. The molecule has 0 aromatic rings. The van der Waals surface area contributed by atoms with Crippen LogP contribution in [0.3, 0.4) is 0 Å². The number of aliphatic hydroxyl groups is 3. The van der Waals surface area contributed by atoms with E-state index in [9.17, 15) is 14.1 Å². The Morgan fingerprint density at radius 1 is 1.43 bits per heavy atom. The second kappa shape index (κ2) is 4.68. The molecular weight excluding hydrogens is 214 g/mol. The summed E-state index contributed by atoms with van der Waals surface area (Å²) >= 11 is 0. The number of hydrogen-bond donors (Lipinski definition) is 3. The summed E-state index contributed by atoms with van der Waals surface area (Å²) in [7, 11) is -2.33. The van der Waals surface area contributed by atoms with Crippen LogP contribution in [0.15, 0.2) is 0 Å². The maximum atomic E-state index is 13.0. The zero-order chi connectivity index (χ0) is 10.9. The van der Waals surface area contributed by atoms with Crippen LogP contribution in [-0.4, -0.2) is 52.5 Å². The van der Waals surface area contributed by atoms with Crippen LogP contribution in [0.5, 0.6) is 0 Å². The van der Waals surface area contributed by atoms with Crippen molar-refractivity contribution in [1.82, 2.24) is 0 Å². The van der Waals surface area contributed by atoms with Crippen LogP contribution in [0.2, 0.25) is 0 Å².